The molecule has 0 amide bonds. The quantitative estimate of drug-likeness (QED) is 0.469. The summed E-state index contributed by atoms with van der Waals surface area (Å²) in [6.45, 7) is 7.93. The van der Waals surface area contributed by atoms with E-state index in [9.17, 15) is 4.79 Å². The molecule has 0 unspecified atom stereocenters. The summed E-state index contributed by atoms with van der Waals surface area (Å²) in [6.07, 6.45) is 4.03. The van der Waals surface area contributed by atoms with Gasteiger partial charge in [0.2, 0.25) is 0 Å². The van der Waals surface area contributed by atoms with Crippen molar-refractivity contribution in [1.29, 1.82) is 0 Å². The van der Waals surface area contributed by atoms with Gasteiger partial charge < -0.3 is 9.26 Å². The molecule has 0 N–H and O–H groups in total. The Morgan fingerprint density at radius 1 is 1.00 bits per heavy atom. The predicted molar refractivity (Wildman–Crippen MR) is 118 cm³/mol. The van der Waals surface area contributed by atoms with Crippen LogP contribution in [0.1, 0.15) is 70.0 Å². The summed E-state index contributed by atoms with van der Waals surface area (Å²) in [5, 5.41) is 4.25. The minimum absolute atomic E-state index is 0.129. The maximum atomic E-state index is 13.3. The highest BCUT2D eigenvalue weighted by Crippen LogP contribution is 2.37. The summed E-state index contributed by atoms with van der Waals surface area (Å²) in [5.41, 5.74) is 6.56. The zero-order valence-electron chi connectivity index (χ0n) is 18.2. The average Bonchev–Trinajstić information content (AvgIpc) is 3.09. The molecule has 4 heteroatoms. The molecule has 0 bridgehead atoms. The van der Waals surface area contributed by atoms with Crippen molar-refractivity contribution in [3.05, 3.63) is 76.0 Å². The molecule has 156 valence electrons. The van der Waals surface area contributed by atoms with Gasteiger partial charge in [0, 0.05) is 11.5 Å². The molecule has 1 aromatic heterocycles. The molecule has 1 heterocycles. The Hall–Kier alpha value is -2.88. The second-order valence-corrected chi connectivity index (χ2v) is 8.48. The van der Waals surface area contributed by atoms with Crippen LogP contribution in [-0.2, 0) is 4.74 Å². The van der Waals surface area contributed by atoms with Crippen molar-refractivity contribution in [2.24, 2.45) is 0 Å². The standard InChI is InChI=1S/C26H29NO3/c1-16-14-17(2)23(18(3)15-16)25-24(19(4)30-27-25)26(28)29-22-13-9-8-12-21(22)20-10-6-5-7-11-20/h5-7,10-11,14-15,21-22H,8-9,12-13H2,1-4H3/t21-,22+/m0/s1. The van der Waals surface area contributed by atoms with Gasteiger partial charge in [-0.1, -0.05) is 59.6 Å². The molecular formula is C26H29NO3. The van der Waals surface area contributed by atoms with E-state index in [1.165, 1.54) is 11.1 Å². The molecule has 0 aliphatic heterocycles. The van der Waals surface area contributed by atoms with Crippen molar-refractivity contribution in [3.8, 4) is 11.3 Å². The van der Waals surface area contributed by atoms with Crippen LogP contribution < -0.4 is 0 Å². The summed E-state index contributed by atoms with van der Waals surface area (Å²) in [6, 6.07) is 14.6. The fraction of sp³-hybridized carbons (Fsp3) is 0.385. The van der Waals surface area contributed by atoms with Gasteiger partial charge in [-0.2, -0.15) is 0 Å². The first-order chi connectivity index (χ1) is 14.5. The van der Waals surface area contributed by atoms with Crippen molar-refractivity contribution < 1.29 is 14.1 Å². The Balaban J connectivity index is 1.66. The van der Waals surface area contributed by atoms with Crippen LogP contribution in [0.15, 0.2) is 47.0 Å². The van der Waals surface area contributed by atoms with E-state index in [0.29, 0.717) is 17.0 Å². The van der Waals surface area contributed by atoms with E-state index in [0.717, 1.165) is 42.4 Å². The zero-order chi connectivity index (χ0) is 21.3. The van der Waals surface area contributed by atoms with Crippen LogP contribution >= 0.6 is 0 Å². The predicted octanol–water partition coefficient (Wildman–Crippen LogP) is 6.46. The lowest BCUT2D eigenvalue weighted by molar-refractivity contribution is 0.0141. The van der Waals surface area contributed by atoms with Gasteiger partial charge in [-0.05, 0) is 63.6 Å². The first-order valence-electron chi connectivity index (χ1n) is 10.8. The van der Waals surface area contributed by atoms with Crippen LogP contribution in [0.3, 0.4) is 0 Å². The van der Waals surface area contributed by atoms with Crippen molar-refractivity contribution in [1.82, 2.24) is 5.16 Å². The number of carbonyl (C=O) groups is 1. The third-order valence-electron chi connectivity index (χ3n) is 6.17. The molecule has 1 aliphatic rings. The maximum absolute atomic E-state index is 13.3. The second-order valence-electron chi connectivity index (χ2n) is 8.48. The smallest absolute Gasteiger partial charge is 0.344 e. The van der Waals surface area contributed by atoms with E-state index in [1.54, 1.807) is 6.92 Å². The van der Waals surface area contributed by atoms with Crippen molar-refractivity contribution in [2.45, 2.75) is 65.4 Å². The van der Waals surface area contributed by atoms with Crippen molar-refractivity contribution in [3.63, 3.8) is 0 Å². The SMILES string of the molecule is Cc1cc(C)c(-c2noc(C)c2C(=O)O[C@@H]2CCCC[C@H]2c2ccccc2)c(C)c1. The summed E-state index contributed by atoms with van der Waals surface area (Å²) in [7, 11) is 0. The number of ether oxygens (including phenoxy) is 1. The number of esters is 1. The van der Waals surface area contributed by atoms with Crippen LogP contribution in [0.4, 0.5) is 0 Å². The molecule has 2 aromatic carbocycles. The Bertz CT molecular complexity index is 1030. The molecule has 3 aromatic rings. The molecule has 1 saturated carbocycles. The van der Waals surface area contributed by atoms with Gasteiger partial charge in [-0.15, -0.1) is 0 Å². The Morgan fingerprint density at radius 2 is 1.67 bits per heavy atom. The number of aromatic nitrogens is 1. The number of aryl methyl sites for hydroxylation is 4. The van der Waals surface area contributed by atoms with E-state index in [1.807, 2.05) is 32.0 Å². The molecule has 30 heavy (non-hydrogen) atoms. The monoisotopic (exact) mass is 403 g/mol. The van der Waals surface area contributed by atoms with E-state index in [4.69, 9.17) is 9.26 Å². The number of nitrogens with zero attached hydrogens (tertiary/aromatic N) is 1. The van der Waals surface area contributed by atoms with Crippen LogP contribution in [0.2, 0.25) is 0 Å². The van der Waals surface area contributed by atoms with Crippen LogP contribution in [0.5, 0.6) is 0 Å². The van der Waals surface area contributed by atoms with Gasteiger partial charge >= 0.3 is 5.97 Å². The van der Waals surface area contributed by atoms with Crippen molar-refractivity contribution in [2.75, 3.05) is 0 Å². The first kappa shape index (κ1) is 20.4. The van der Waals surface area contributed by atoms with Gasteiger partial charge in [0.1, 0.15) is 23.1 Å². The molecule has 4 nitrogen and oxygen atoms in total. The summed E-state index contributed by atoms with van der Waals surface area (Å²) < 4.78 is 11.6. The van der Waals surface area contributed by atoms with Gasteiger partial charge in [0.25, 0.3) is 0 Å². The summed E-state index contributed by atoms with van der Waals surface area (Å²) >= 11 is 0. The minimum atomic E-state index is -0.337. The van der Waals surface area contributed by atoms with Gasteiger partial charge in [0.05, 0.1) is 0 Å². The normalized spacial score (nSPS) is 18.9. The summed E-state index contributed by atoms with van der Waals surface area (Å²) in [5.74, 6) is 0.396. The fourth-order valence-electron chi connectivity index (χ4n) is 4.85. The number of hydrogen-bond acceptors (Lipinski definition) is 4. The third kappa shape index (κ3) is 3.91. The fourth-order valence-corrected chi connectivity index (χ4v) is 4.85. The highest BCUT2D eigenvalue weighted by Gasteiger charge is 2.32. The largest absolute Gasteiger partial charge is 0.458 e. The topological polar surface area (TPSA) is 52.3 Å². The molecule has 0 saturated heterocycles. The maximum Gasteiger partial charge on any atom is 0.344 e. The summed E-state index contributed by atoms with van der Waals surface area (Å²) in [4.78, 5) is 13.3. The van der Waals surface area contributed by atoms with Crippen LogP contribution in [-0.4, -0.2) is 17.2 Å². The van der Waals surface area contributed by atoms with E-state index in [-0.39, 0.29) is 18.0 Å². The first-order valence-corrected chi connectivity index (χ1v) is 10.8. The minimum Gasteiger partial charge on any atom is -0.458 e. The van der Waals surface area contributed by atoms with E-state index >= 15 is 0 Å². The third-order valence-corrected chi connectivity index (χ3v) is 6.17. The van der Waals surface area contributed by atoms with Crippen molar-refractivity contribution >= 4 is 5.97 Å². The molecule has 1 fully saturated rings. The van der Waals surface area contributed by atoms with Gasteiger partial charge in [-0.3, -0.25) is 0 Å². The molecule has 0 spiro atoms. The van der Waals surface area contributed by atoms with Crippen LogP contribution in [0.25, 0.3) is 11.3 Å². The lowest BCUT2D eigenvalue weighted by Gasteiger charge is -2.31. The number of hydrogen-bond donors (Lipinski definition) is 0. The Kier molecular flexibility index (Phi) is 5.76. The molecule has 2 atom stereocenters. The number of carbonyl (C=O) groups excluding carboxylic acids is 1. The van der Waals surface area contributed by atoms with Gasteiger partial charge in [0.15, 0.2) is 0 Å². The molecule has 1 aliphatic carbocycles. The zero-order valence-corrected chi connectivity index (χ0v) is 18.2. The molecular weight excluding hydrogens is 374 g/mol. The van der Waals surface area contributed by atoms with E-state index in [2.05, 4.69) is 36.3 Å². The molecule has 0 radical (unpaired) electrons. The van der Waals surface area contributed by atoms with E-state index < -0.39 is 0 Å². The lowest BCUT2D eigenvalue weighted by atomic mass is 9.81. The second kappa shape index (κ2) is 8.47. The molecule has 4 rings (SSSR count). The number of benzene rings is 2. The number of rotatable bonds is 4. The Morgan fingerprint density at radius 3 is 2.37 bits per heavy atom. The van der Waals surface area contributed by atoms with Crippen LogP contribution in [0, 0.1) is 27.7 Å². The highest BCUT2D eigenvalue weighted by molar-refractivity contribution is 5.98. The highest BCUT2D eigenvalue weighted by atomic mass is 16.5. The lowest BCUT2D eigenvalue weighted by Crippen LogP contribution is -2.29. The van der Waals surface area contributed by atoms with Gasteiger partial charge in [-0.25, -0.2) is 4.79 Å². The average molecular weight is 404 g/mol. The Labute approximate surface area is 178 Å².